The molecule has 4 rings (SSSR count). The number of esters is 1. The van der Waals surface area contributed by atoms with E-state index in [2.05, 4.69) is 6.58 Å². The zero-order valence-electron chi connectivity index (χ0n) is 19.4. The van der Waals surface area contributed by atoms with Crippen LogP contribution in [0, 0.1) is 0 Å². The Labute approximate surface area is 195 Å². The Balaban J connectivity index is 1.76. The summed E-state index contributed by atoms with van der Waals surface area (Å²) in [5.41, 5.74) is 2.12. The zero-order chi connectivity index (χ0) is 23.6. The minimum absolute atomic E-state index is 0.226. The van der Waals surface area contributed by atoms with E-state index in [1.165, 1.54) is 0 Å². The van der Waals surface area contributed by atoms with Crippen molar-refractivity contribution in [2.75, 3.05) is 11.4 Å². The van der Waals surface area contributed by atoms with Crippen LogP contribution in [0.25, 0.3) is 11.1 Å². The standard InChI is InChI=1S/C29H29NO3/c1-21-19-29(24-13-9-6-10-14-24,27(32)33-28(2,3)4)26(31)30(20-21)25-17-15-23(16-18-25)22-11-7-5-8-12-22/h5-18H,1,19-20H2,2-4H3/t29-/m0/s1. The lowest BCUT2D eigenvalue weighted by Gasteiger charge is -2.42. The highest BCUT2D eigenvalue weighted by Gasteiger charge is 2.54. The van der Waals surface area contributed by atoms with Gasteiger partial charge in [0.2, 0.25) is 5.91 Å². The molecule has 3 aromatic carbocycles. The fourth-order valence-corrected chi connectivity index (χ4v) is 4.30. The average molecular weight is 440 g/mol. The van der Waals surface area contributed by atoms with Crippen molar-refractivity contribution in [1.29, 1.82) is 0 Å². The van der Waals surface area contributed by atoms with E-state index in [9.17, 15) is 9.59 Å². The molecule has 3 aromatic rings. The molecule has 0 bridgehead atoms. The van der Waals surface area contributed by atoms with Crippen LogP contribution in [-0.2, 0) is 19.7 Å². The lowest BCUT2D eigenvalue weighted by molar-refractivity contribution is -0.165. The Kier molecular flexibility index (Phi) is 5.94. The Hall–Kier alpha value is -3.66. The molecule has 33 heavy (non-hydrogen) atoms. The molecule has 0 unspecified atom stereocenters. The van der Waals surface area contributed by atoms with Gasteiger partial charge in [0, 0.05) is 12.2 Å². The fourth-order valence-electron chi connectivity index (χ4n) is 4.30. The van der Waals surface area contributed by atoms with Gasteiger partial charge in [-0.1, -0.05) is 84.9 Å². The van der Waals surface area contributed by atoms with Gasteiger partial charge in [0.15, 0.2) is 5.41 Å². The number of piperidine rings is 1. The Morgan fingerprint density at radius 2 is 1.42 bits per heavy atom. The molecule has 0 spiro atoms. The van der Waals surface area contributed by atoms with Crippen molar-refractivity contribution in [2.45, 2.75) is 38.2 Å². The molecule has 0 N–H and O–H groups in total. The van der Waals surface area contributed by atoms with Gasteiger partial charge in [0.1, 0.15) is 5.60 Å². The number of amides is 1. The largest absolute Gasteiger partial charge is 0.459 e. The number of hydrogen-bond donors (Lipinski definition) is 0. The van der Waals surface area contributed by atoms with Gasteiger partial charge in [0.25, 0.3) is 0 Å². The highest BCUT2D eigenvalue weighted by Crippen LogP contribution is 2.41. The van der Waals surface area contributed by atoms with Crippen molar-refractivity contribution in [2.24, 2.45) is 0 Å². The molecule has 1 atom stereocenters. The summed E-state index contributed by atoms with van der Waals surface area (Å²) >= 11 is 0. The summed E-state index contributed by atoms with van der Waals surface area (Å²) < 4.78 is 5.79. The second-order valence-electron chi connectivity index (χ2n) is 9.50. The number of carbonyl (C=O) groups excluding carboxylic acids is 2. The van der Waals surface area contributed by atoms with Crippen molar-refractivity contribution in [3.05, 3.63) is 103 Å². The lowest BCUT2D eigenvalue weighted by atomic mass is 9.71. The molecule has 1 fully saturated rings. The second-order valence-corrected chi connectivity index (χ2v) is 9.50. The quantitative estimate of drug-likeness (QED) is 0.288. The van der Waals surface area contributed by atoms with Gasteiger partial charge in [-0.25, -0.2) is 0 Å². The van der Waals surface area contributed by atoms with Crippen LogP contribution >= 0.6 is 0 Å². The topological polar surface area (TPSA) is 46.6 Å². The van der Waals surface area contributed by atoms with Crippen LogP contribution < -0.4 is 4.90 Å². The number of rotatable bonds is 4. The third-order valence-electron chi connectivity index (χ3n) is 5.81. The second kappa shape index (κ2) is 8.70. The SMILES string of the molecule is C=C1CN(c2ccc(-c3ccccc3)cc2)C(=O)[C@@](C(=O)OC(C)(C)C)(c2ccccc2)C1. The molecule has 168 valence electrons. The molecule has 0 aliphatic carbocycles. The van der Waals surface area contributed by atoms with Crippen LogP contribution in [0.5, 0.6) is 0 Å². The smallest absolute Gasteiger partial charge is 0.327 e. The minimum Gasteiger partial charge on any atom is -0.459 e. The number of nitrogens with zero attached hydrogens (tertiary/aromatic N) is 1. The van der Waals surface area contributed by atoms with Crippen molar-refractivity contribution in [1.82, 2.24) is 0 Å². The summed E-state index contributed by atoms with van der Waals surface area (Å²) in [7, 11) is 0. The Bertz CT molecular complexity index is 1160. The van der Waals surface area contributed by atoms with E-state index in [1.54, 1.807) is 4.90 Å². The minimum atomic E-state index is -1.47. The third kappa shape index (κ3) is 4.47. The first-order valence-corrected chi connectivity index (χ1v) is 11.1. The van der Waals surface area contributed by atoms with Crippen LogP contribution in [0.15, 0.2) is 97.1 Å². The van der Waals surface area contributed by atoms with Gasteiger partial charge < -0.3 is 9.64 Å². The number of carbonyl (C=O) groups is 2. The molecule has 1 saturated heterocycles. The van der Waals surface area contributed by atoms with E-state index in [-0.39, 0.29) is 12.3 Å². The summed E-state index contributed by atoms with van der Waals surface area (Å²) in [4.78, 5) is 29.3. The van der Waals surface area contributed by atoms with E-state index in [4.69, 9.17) is 4.74 Å². The van der Waals surface area contributed by atoms with Crippen molar-refractivity contribution >= 4 is 17.6 Å². The molecule has 1 amide bonds. The van der Waals surface area contributed by atoms with Crippen LogP contribution in [-0.4, -0.2) is 24.0 Å². The van der Waals surface area contributed by atoms with Crippen LogP contribution in [0.1, 0.15) is 32.8 Å². The summed E-state index contributed by atoms with van der Waals surface area (Å²) in [6, 6.07) is 27.1. The van der Waals surface area contributed by atoms with Crippen LogP contribution in [0.4, 0.5) is 5.69 Å². The number of benzene rings is 3. The van der Waals surface area contributed by atoms with Gasteiger partial charge in [-0.3, -0.25) is 9.59 Å². The molecular formula is C29H29NO3. The predicted molar refractivity (Wildman–Crippen MR) is 132 cm³/mol. The molecule has 4 nitrogen and oxygen atoms in total. The predicted octanol–water partition coefficient (Wildman–Crippen LogP) is 5.93. The van der Waals surface area contributed by atoms with Crippen molar-refractivity contribution in [3.8, 4) is 11.1 Å². The van der Waals surface area contributed by atoms with Crippen molar-refractivity contribution in [3.63, 3.8) is 0 Å². The zero-order valence-corrected chi connectivity index (χ0v) is 19.4. The first-order valence-electron chi connectivity index (χ1n) is 11.1. The average Bonchev–Trinajstić information content (AvgIpc) is 2.80. The maximum atomic E-state index is 14.1. The fraction of sp³-hybridized carbons (Fsp3) is 0.241. The molecule has 1 heterocycles. The lowest BCUT2D eigenvalue weighted by Crippen LogP contribution is -2.58. The first-order chi connectivity index (χ1) is 15.7. The van der Waals surface area contributed by atoms with E-state index < -0.39 is 17.0 Å². The normalized spacial score (nSPS) is 18.8. The maximum Gasteiger partial charge on any atom is 0.327 e. The number of ether oxygens (including phenoxy) is 1. The molecular weight excluding hydrogens is 410 g/mol. The molecule has 0 aromatic heterocycles. The monoisotopic (exact) mass is 439 g/mol. The van der Waals surface area contributed by atoms with Gasteiger partial charge in [-0.15, -0.1) is 0 Å². The summed E-state index contributed by atoms with van der Waals surface area (Å²) in [5, 5.41) is 0. The molecule has 1 aliphatic heterocycles. The third-order valence-corrected chi connectivity index (χ3v) is 5.81. The number of hydrogen-bond acceptors (Lipinski definition) is 3. The highest BCUT2D eigenvalue weighted by atomic mass is 16.6. The molecule has 1 aliphatic rings. The van der Waals surface area contributed by atoms with Crippen LogP contribution in [0.2, 0.25) is 0 Å². The maximum absolute atomic E-state index is 14.1. The number of anilines is 1. The summed E-state index contributed by atoms with van der Waals surface area (Å²) in [5.74, 6) is -0.833. The van der Waals surface area contributed by atoms with Gasteiger partial charge >= 0.3 is 5.97 Å². The molecule has 0 radical (unpaired) electrons. The first kappa shape index (κ1) is 22.5. The highest BCUT2D eigenvalue weighted by molar-refractivity contribution is 6.16. The van der Waals surface area contributed by atoms with E-state index in [0.717, 1.165) is 22.4 Å². The molecule has 0 saturated carbocycles. The van der Waals surface area contributed by atoms with E-state index in [0.29, 0.717) is 12.1 Å². The van der Waals surface area contributed by atoms with Gasteiger partial charge in [-0.05, 0) is 56.0 Å². The van der Waals surface area contributed by atoms with Gasteiger partial charge in [-0.2, -0.15) is 0 Å². The van der Waals surface area contributed by atoms with Gasteiger partial charge in [0.05, 0.1) is 0 Å². The van der Waals surface area contributed by atoms with Crippen LogP contribution in [0.3, 0.4) is 0 Å². The summed E-state index contributed by atoms with van der Waals surface area (Å²) in [6.07, 6.45) is 0.226. The Morgan fingerprint density at radius 1 is 0.879 bits per heavy atom. The van der Waals surface area contributed by atoms with Crippen molar-refractivity contribution < 1.29 is 14.3 Å². The summed E-state index contributed by atoms with van der Waals surface area (Å²) in [6.45, 7) is 9.98. The molecule has 4 heteroatoms. The van der Waals surface area contributed by atoms with E-state index in [1.807, 2.05) is 106 Å². The van der Waals surface area contributed by atoms with E-state index >= 15 is 0 Å². The Morgan fingerprint density at radius 3 is 2.00 bits per heavy atom.